The van der Waals surface area contributed by atoms with Crippen molar-refractivity contribution in [1.82, 2.24) is 20.2 Å². The van der Waals surface area contributed by atoms with Crippen LogP contribution in [0.15, 0.2) is 54.9 Å². The van der Waals surface area contributed by atoms with Gasteiger partial charge in [0.25, 0.3) is 0 Å². The van der Waals surface area contributed by atoms with Gasteiger partial charge in [0.2, 0.25) is 5.82 Å². The number of halogens is 1. The molecule has 0 atom stereocenters. The van der Waals surface area contributed by atoms with E-state index in [9.17, 15) is 0 Å². The van der Waals surface area contributed by atoms with E-state index in [1.54, 1.807) is 7.05 Å². The molecule has 2 heterocycles. The summed E-state index contributed by atoms with van der Waals surface area (Å²) in [4.78, 5) is 1.46. The van der Waals surface area contributed by atoms with Crippen molar-refractivity contribution < 1.29 is 21.5 Å². The zero-order valence-corrected chi connectivity index (χ0v) is 12.6. The summed E-state index contributed by atoms with van der Waals surface area (Å²) in [6.07, 6.45) is 4.11. The number of nitrogens with zero attached hydrogens (tertiary/aromatic N) is 5. The molecule has 0 aliphatic carbocycles. The predicted molar refractivity (Wildman–Crippen MR) is 70.0 cm³/mol. The molecule has 102 valence electrons. The fourth-order valence-electron chi connectivity index (χ4n) is 1.91. The molecule has 20 heavy (non-hydrogen) atoms. The van der Waals surface area contributed by atoms with Gasteiger partial charge in [-0.1, -0.05) is 30.3 Å². The van der Waals surface area contributed by atoms with Crippen LogP contribution >= 0.6 is 0 Å². The first kappa shape index (κ1) is 14.3. The molecule has 6 heteroatoms. The maximum Gasteiger partial charge on any atom is 0.204 e. The standard InChI is InChI=1S/C14H14N5.BrH/c1-18-16-14(15-17-18)13-7-5-12(6-8-13)11-19-9-3-2-4-10-19;/h2-10H,11H2,1H3;1H/q+1;/p-1. The highest BCUT2D eigenvalue weighted by atomic mass is 79.9. The van der Waals surface area contributed by atoms with Gasteiger partial charge in [-0.15, -0.1) is 10.2 Å². The third kappa shape index (κ3) is 3.27. The number of tetrazole rings is 1. The average Bonchev–Trinajstić information content (AvgIpc) is 2.87. The highest BCUT2D eigenvalue weighted by molar-refractivity contribution is 5.54. The van der Waals surface area contributed by atoms with E-state index in [1.165, 1.54) is 10.4 Å². The first-order valence-electron chi connectivity index (χ1n) is 6.09. The molecule has 0 unspecified atom stereocenters. The van der Waals surface area contributed by atoms with E-state index in [0.717, 1.165) is 12.1 Å². The van der Waals surface area contributed by atoms with Crippen molar-refractivity contribution in [3.63, 3.8) is 0 Å². The first-order valence-corrected chi connectivity index (χ1v) is 6.09. The summed E-state index contributed by atoms with van der Waals surface area (Å²) in [7, 11) is 1.76. The van der Waals surface area contributed by atoms with Crippen LogP contribution in [0.5, 0.6) is 0 Å². The summed E-state index contributed by atoms with van der Waals surface area (Å²) >= 11 is 0. The van der Waals surface area contributed by atoms with Crippen LogP contribution < -0.4 is 21.5 Å². The first-order chi connectivity index (χ1) is 9.31. The van der Waals surface area contributed by atoms with Crippen molar-refractivity contribution >= 4 is 0 Å². The smallest absolute Gasteiger partial charge is 0.204 e. The number of aryl methyl sites for hydroxylation is 1. The van der Waals surface area contributed by atoms with Crippen molar-refractivity contribution in [1.29, 1.82) is 0 Å². The van der Waals surface area contributed by atoms with Gasteiger partial charge in [0.15, 0.2) is 18.9 Å². The zero-order chi connectivity index (χ0) is 13.1. The second-order valence-corrected chi connectivity index (χ2v) is 4.35. The lowest BCUT2D eigenvalue weighted by atomic mass is 10.1. The lowest BCUT2D eigenvalue weighted by molar-refractivity contribution is -0.688. The summed E-state index contributed by atoms with van der Waals surface area (Å²) in [6.45, 7) is 0.856. The molecule has 0 radical (unpaired) electrons. The van der Waals surface area contributed by atoms with E-state index in [1.807, 2.05) is 30.3 Å². The van der Waals surface area contributed by atoms with Crippen molar-refractivity contribution in [2.45, 2.75) is 6.54 Å². The molecule has 1 aromatic carbocycles. The van der Waals surface area contributed by atoms with Crippen LogP contribution in [0.4, 0.5) is 0 Å². The Morgan fingerprint density at radius 3 is 2.35 bits per heavy atom. The minimum Gasteiger partial charge on any atom is -1.00 e. The maximum absolute atomic E-state index is 4.18. The van der Waals surface area contributed by atoms with Crippen LogP contribution in [0.3, 0.4) is 0 Å². The third-order valence-electron chi connectivity index (χ3n) is 2.86. The Balaban J connectivity index is 0.00000147. The predicted octanol–water partition coefficient (Wildman–Crippen LogP) is -1.78. The lowest BCUT2D eigenvalue weighted by Gasteiger charge is -1.99. The summed E-state index contributed by atoms with van der Waals surface area (Å²) in [5.41, 5.74) is 2.22. The van der Waals surface area contributed by atoms with Crippen LogP contribution in [0.2, 0.25) is 0 Å². The highest BCUT2D eigenvalue weighted by Gasteiger charge is 2.05. The number of aromatic nitrogens is 5. The Kier molecular flexibility index (Phi) is 4.57. The van der Waals surface area contributed by atoms with Gasteiger partial charge >= 0.3 is 0 Å². The third-order valence-corrected chi connectivity index (χ3v) is 2.86. The number of hydrogen-bond acceptors (Lipinski definition) is 3. The SMILES string of the molecule is Cn1nnc(-c2ccc(C[n+]3ccccc3)cc2)n1.[Br-]. The Bertz CT molecular complexity index is 664. The molecule has 0 saturated heterocycles. The van der Waals surface area contributed by atoms with E-state index in [-0.39, 0.29) is 17.0 Å². The lowest BCUT2D eigenvalue weighted by Crippen LogP contribution is -3.00. The monoisotopic (exact) mass is 331 g/mol. The van der Waals surface area contributed by atoms with Crippen LogP contribution in [0.25, 0.3) is 11.4 Å². The Hall–Kier alpha value is -2.08. The van der Waals surface area contributed by atoms with E-state index >= 15 is 0 Å². The van der Waals surface area contributed by atoms with Crippen molar-refractivity contribution in [3.8, 4) is 11.4 Å². The minimum absolute atomic E-state index is 0. The number of hydrogen-bond donors (Lipinski definition) is 0. The molecule has 0 bridgehead atoms. The van der Waals surface area contributed by atoms with E-state index in [2.05, 4.69) is 44.5 Å². The molecular weight excluding hydrogens is 318 g/mol. The largest absolute Gasteiger partial charge is 1.00 e. The zero-order valence-electron chi connectivity index (χ0n) is 11.0. The summed E-state index contributed by atoms with van der Waals surface area (Å²) < 4.78 is 2.13. The summed E-state index contributed by atoms with van der Waals surface area (Å²) in [6, 6.07) is 14.3. The number of benzene rings is 1. The number of rotatable bonds is 3. The van der Waals surface area contributed by atoms with Crippen LogP contribution in [-0.2, 0) is 13.6 Å². The van der Waals surface area contributed by atoms with Crippen LogP contribution in [0, 0.1) is 0 Å². The fraction of sp³-hybridized carbons (Fsp3) is 0.143. The topological polar surface area (TPSA) is 47.5 Å². The molecule has 0 fully saturated rings. The Morgan fingerprint density at radius 2 is 1.75 bits per heavy atom. The van der Waals surface area contributed by atoms with Crippen molar-refractivity contribution in [3.05, 3.63) is 60.4 Å². The maximum atomic E-state index is 4.18. The van der Waals surface area contributed by atoms with Gasteiger partial charge in [0, 0.05) is 23.3 Å². The molecule has 3 aromatic rings. The average molecular weight is 332 g/mol. The van der Waals surface area contributed by atoms with E-state index in [0.29, 0.717) is 5.82 Å². The number of pyridine rings is 1. The normalized spacial score (nSPS) is 10.1. The molecule has 5 nitrogen and oxygen atoms in total. The van der Waals surface area contributed by atoms with E-state index < -0.39 is 0 Å². The Labute approximate surface area is 127 Å². The second-order valence-electron chi connectivity index (χ2n) is 4.35. The Morgan fingerprint density at radius 1 is 1.05 bits per heavy atom. The molecule has 0 aliphatic heterocycles. The van der Waals surface area contributed by atoms with Gasteiger partial charge in [-0.05, 0) is 5.21 Å². The molecule has 0 aliphatic rings. The molecule has 0 spiro atoms. The minimum atomic E-state index is 0. The molecule has 2 aromatic heterocycles. The summed E-state index contributed by atoms with van der Waals surface area (Å²) in [5, 5.41) is 12.0. The van der Waals surface area contributed by atoms with Crippen LogP contribution in [-0.4, -0.2) is 20.2 Å². The van der Waals surface area contributed by atoms with Gasteiger partial charge in [-0.2, -0.15) is 4.80 Å². The highest BCUT2D eigenvalue weighted by Crippen LogP contribution is 2.14. The summed E-state index contributed by atoms with van der Waals surface area (Å²) in [5.74, 6) is 0.654. The van der Waals surface area contributed by atoms with E-state index in [4.69, 9.17) is 0 Å². The van der Waals surface area contributed by atoms with Crippen LogP contribution in [0.1, 0.15) is 5.56 Å². The molecule has 0 amide bonds. The molecule has 0 saturated carbocycles. The van der Waals surface area contributed by atoms with Gasteiger partial charge in [-0.3, -0.25) is 0 Å². The molecule has 0 N–H and O–H groups in total. The molecule has 3 rings (SSSR count). The fourth-order valence-corrected chi connectivity index (χ4v) is 1.91. The quantitative estimate of drug-likeness (QED) is 0.533. The van der Waals surface area contributed by atoms with Gasteiger partial charge in [0.1, 0.15) is 0 Å². The van der Waals surface area contributed by atoms with Crippen molar-refractivity contribution in [2.75, 3.05) is 0 Å². The molecular formula is C14H14BrN5. The van der Waals surface area contributed by atoms with Gasteiger partial charge in [0.05, 0.1) is 7.05 Å². The van der Waals surface area contributed by atoms with Crippen molar-refractivity contribution in [2.24, 2.45) is 7.05 Å². The van der Waals surface area contributed by atoms with Gasteiger partial charge in [-0.25, -0.2) is 4.57 Å². The van der Waals surface area contributed by atoms with Gasteiger partial charge < -0.3 is 17.0 Å². The second kappa shape index (κ2) is 6.38.